The number of hydrogen-bond acceptors (Lipinski definition) is 2. The number of benzene rings is 3. The summed E-state index contributed by atoms with van der Waals surface area (Å²) in [6.07, 6.45) is 7.63. The number of pyridine rings is 3. The summed E-state index contributed by atoms with van der Waals surface area (Å²) in [5.41, 5.74) is 21.7. The summed E-state index contributed by atoms with van der Waals surface area (Å²) in [5.74, 6) is 1.68. The van der Waals surface area contributed by atoms with Gasteiger partial charge in [0.25, 0.3) is 0 Å². The van der Waals surface area contributed by atoms with Crippen molar-refractivity contribution < 1.29 is 13.6 Å². The van der Waals surface area contributed by atoms with E-state index >= 15 is 0 Å². The molecule has 0 amide bonds. The van der Waals surface area contributed by atoms with E-state index in [9.17, 15) is 0 Å². The van der Waals surface area contributed by atoms with Gasteiger partial charge in [0.15, 0.2) is 29.7 Å². The minimum atomic E-state index is 0.261. The first kappa shape index (κ1) is 37.2. The van der Waals surface area contributed by atoms with Crippen LogP contribution in [0.2, 0.25) is 0 Å². The highest BCUT2D eigenvalue weighted by Gasteiger charge is 2.43. The molecular weight excluding hydrogens is 695 g/mol. The number of rotatable bonds is 4. The van der Waals surface area contributed by atoms with Crippen LogP contribution in [0.1, 0.15) is 108 Å². The van der Waals surface area contributed by atoms with Crippen molar-refractivity contribution in [2.24, 2.45) is 11.8 Å². The lowest BCUT2D eigenvalue weighted by atomic mass is 9.76. The lowest BCUT2D eigenvalue weighted by Gasteiger charge is -2.32. The van der Waals surface area contributed by atoms with E-state index in [0.29, 0.717) is 23.5 Å². The van der Waals surface area contributed by atoms with Crippen molar-refractivity contribution >= 4 is 27.8 Å². The van der Waals surface area contributed by atoms with E-state index in [1.54, 1.807) is 0 Å². The second-order valence-corrected chi connectivity index (χ2v) is 18.1. The summed E-state index contributed by atoms with van der Waals surface area (Å²) < 4.78 is 12.1. The third-order valence-corrected chi connectivity index (χ3v) is 13.5. The SMILES string of the molecule is C=C1CC2c3cc(C)ccc3-c3cc(C)c(C)c[n+]3C2CCc2ccc3c(oc4nc(-c5c(C)cccc5C)ccc43)c2-c2cc(C)c(C(C(C)C)C(C)C)c[n+]21. The van der Waals surface area contributed by atoms with Crippen molar-refractivity contribution in [3.05, 3.63) is 142 Å². The second-order valence-electron chi connectivity index (χ2n) is 18.1. The van der Waals surface area contributed by atoms with E-state index in [1.807, 2.05) is 0 Å². The van der Waals surface area contributed by atoms with Crippen molar-refractivity contribution in [1.82, 2.24) is 4.98 Å². The maximum Gasteiger partial charge on any atom is 0.227 e. The third kappa shape index (κ3) is 6.06. The Morgan fingerprint density at radius 3 is 2.18 bits per heavy atom. The van der Waals surface area contributed by atoms with Crippen molar-refractivity contribution in [3.8, 4) is 33.8 Å². The highest BCUT2D eigenvalue weighted by molar-refractivity contribution is 6.09. The Hall–Kier alpha value is -5.35. The van der Waals surface area contributed by atoms with E-state index < -0.39 is 0 Å². The maximum atomic E-state index is 7.04. The van der Waals surface area contributed by atoms with Crippen LogP contribution in [0.15, 0.2) is 96.2 Å². The molecule has 0 radical (unpaired) electrons. The van der Waals surface area contributed by atoms with Gasteiger partial charge in [0.05, 0.1) is 17.2 Å². The average Bonchev–Trinajstić information content (AvgIpc) is 3.53. The van der Waals surface area contributed by atoms with Gasteiger partial charge in [-0.05, 0) is 124 Å². The monoisotopic (exact) mass is 751 g/mol. The molecule has 2 aliphatic heterocycles. The minimum Gasteiger partial charge on any atom is -0.437 e. The third-order valence-electron chi connectivity index (χ3n) is 13.5. The van der Waals surface area contributed by atoms with Crippen molar-refractivity contribution in [2.45, 2.75) is 106 Å². The van der Waals surface area contributed by atoms with Crippen LogP contribution in [-0.4, -0.2) is 4.98 Å². The summed E-state index contributed by atoms with van der Waals surface area (Å²) >= 11 is 0. The number of hydrogen-bond donors (Lipinski definition) is 0. The van der Waals surface area contributed by atoms with Crippen LogP contribution >= 0.6 is 0 Å². The van der Waals surface area contributed by atoms with Gasteiger partial charge >= 0.3 is 0 Å². The highest BCUT2D eigenvalue weighted by Crippen LogP contribution is 2.47. The highest BCUT2D eigenvalue weighted by atomic mass is 16.3. The second kappa shape index (κ2) is 13.9. The van der Waals surface area contributed by atoms with Crippen LogP contribution in [0.4, 0.5) is 0 Å². The predicted molar refractivity (Wildman–Crippen MR) is 236 cm³/mol. The van der Waals surface area contributed by atoms with Gasteiger partial charge in [0.2, 0.25) is 17.1 Å². The molecule has 0 aliphatic carbocycles. The molecule has 57 heavy (non-hydrogen) atoms. The Bertz CT molecular complexity index is 2750. The lowest BCUT2D eigenvalue weighted by molar-refractivity contribution is -0.719. The Balaban J connectivity index is 1.31. The summed E-state index contributed by atoms with van der Waals surface area (Å²) in [6.45, 7) is 27.8. The molecule has 2 aliphatic rings. The molecule has 4 heteroatoms. The average molecular weight is 752 g/mol. The van der Waals surface area contributed by atoms with Gasteiger partial charge < -0.3 is 4.42 Å². The quantitative estimate of drug-likeness (QED) is 0.168. The van der Waals surface area contributed by atoms with Crippen LogP contribution in [0.3, 0.4) is 0 Å². The van der Waals surface area contributed by atoms with Gasteiger partial charge in [-0.2, -0.15) is 9.13 Å². The number of furan rings is 1. The van der Waals surface area contributed by atoms with Crippen LogP contribution in [-0.2, 0) is 6.42 Å². The van der Waals surface area contributed by atoms with Crippen LogP contribution in [0.25, 0.3) is 61.5 Å². The molecule has 6 heterocycles. The Morgan fingerprint density at radius 2 is 1.44 bits per heavy atom. The molecule has 3 aromatic carbocycles. The molecular formula is C53H57N3O+2. The molecule has 2 unspecified atom stereocenters. The Kier molecular flexibility index (Phi) is 9.11. The minimum absolute atomic E-state index is 0.261. The predicted octanol–water partition coefficient (Wildman–Crippen LogP) is 12.9. The zero-order valence-corrected chi connectivity index (χ0v) is 35.5. The van der Waals surface area contributed by atoms with Gasteiger partial charge in [-0.15, -0.1) is 0 Å². The molecule has 0 saturated carbocycles. The molecule has 9 rings (SSSR count). The van der Waals surface area contributed by atoms with Gasteiger partial charge in [0, 0.05) is 58.0 Å². The van der Waals surface area contributed by atoms with Gasteiger partial charge in [-0.3, -0.25) is 0 Å². The molecule has 7 aromatic rings. The number of allylic oxidation sites excluding steroid dienone is 1. The zero-order chi connectivity index (χ0) is 40.0. The Labute approximate surface area is 338 Å². The van der Waals surface area contributed by atoms with Crippen LogP contribution in [0, 0.1) is 53.4 Å². The molecule has 2 atom stereocenters. The molecule has 4 nitrogen and oxygen atoms in total. The fraction of sp³-hybridized carbons (Fsp3) is 0.340. The van der Waals surface area contributed by atoms with Gasteiger partial charge in [-0.1, -0.05) is 75.7 Å². The summed E-state index contributed by atoms with van der Waals surface area (Å²) in [7, 11) is 0. The molecule has 0 spiro atoms. The van der Waals surface area contributed by atoms with Crippen molar-refractivity contribution in [3.63, 3.8) is 0 Å². The van der Waals surface area contributed by atoms with Gasteiger partial charge in [-0.25, -0.2) is 4.98 Å². The molecule has 4 aromatic heterocycles. The molecule has 0 bridgehead atoms. The van der Waals surface area contributed by atoms with E-state index in [1.165, 1.54) is 66.9 Å². The van der Waals surface area contributed by atoms with E-state index in [0.717, 1.165) is 58.3 Å². The maximum absolute atomic E-state index is 7.04. The lowest BCUT2D eigenvalue weighted by Crippen LogP contribution is -2.49. The summed E-state index contributed by atoms with van der Waals surface area (Å²) in [5, 5.41) is 2.15. The normalized spacial score (nSPS) is 16.5. The van der Waals surface area contributed by atoms with E-state index in [4.69, 9.17) is 16.0 Å². The van der Waals surface area contributed by atoms with Crippen LogP contribution < -0.4 is 9.13 Å². The first-order valence-electron chi connectivity index (χ1n) is 21.1. The first-order chi connectivity index (χ1) is 27.3. The fourth-order valence-corrected chi connectivity index (χ4v) is 10.7. The number of aryl methyl sites for hydroxylation is 7. The largest absolute Gasteiger partial charge is 0.437 e. The summed E-state index contributed by atoms with van der Waals surface area (Å²) in [4.78, 5) is 5.22. The molecule has 0 N–H and O–H groups in total. The van der Waals surface area contributed by atoms with Crippen molar-refractivity contribution in [2.75, 3.05) is 0 Å². The van der Waals surface area contributed by atoms with Crippen LogP contribution in [0.5, 0.6) is 0 Å². The zero-order valence-electron chi connectivity index (χ0n) is 35.5. The fourth-order valence-electron chi connectivity index (χ4n) is 10.7. The van der Waals surface area contributed by atoms with E-state index in [2.05, 4.69) is 164 Å². The van der Waals surface area contributed by atoms with Gasteiger partial charge in [0.1, 0.15) is 0 Å². The first-order valence-corrected chi connectivity index (χ1v) is 21.1. The topological polar surface area (TPSA) is 33.8 Å². The number of fused-ring (bicyclic) bond motifs is 13. The van der Waals surface area contributed by atoms with Crippen molar-refractivity contribution in [1.29, 1.82) is 0 Å². The molecule has 0 fully saturated rings. The molecule has 288 valence electrons. The van der Waals surface area contributed by atoms with E-state index in [-0.39, 0.29) is 12.0 Å². The standard InChI is InChI=1S/C53H57N3O/c1-29(2)49(30(3)4)44-28-55-37(11)26-43-42-23-31(5)15-18-39(42)47-24-34(8)36(10)27-56(47)46(43)22-17-38-16-19-40-41-20-21-45(50-32(6)13-12-14-33(50)7)54-53(41)57-52(40)51(38)48(55)25-35(44)9/h12-16,18-21,23-25,27-30,43,46,49H,11,17,22,26H2,1-10H3/q+2. The number of aromatic nitrogens is 3. The summed E-state index contributed by atoms with van der Waals surface area (Å²) in [6, 6.07) is 27.7. The molecule has 0 saturated heterocycles. The number of nitrogens with zero attached hydrogens (tertiary/aromatic N) is 3. The smallest absolute Gasteiger partial charge is 0.227 e. The Morgan fingerprint density at radius 1 is 0.719 bits per heavy atom.